The van der Waals surface area contributed by atoms with Gasteiger partial charge in [-0.15, -0.1) is 0 Å². The Morgan fingerprint density at radius 2 is 1.69 bits per heavy atom. The number of hydrogen-bond acceptors (Lipinski definition) is 3. The quantitative estimate of drug-likeness (QED) is 0.701. The van der Waals surface area contributed by atoms with Crippen LogP contribution in [-0.4, -0.2) is 42.0 Å². The average Bonchev–Trinajstić information content (AvgIpc) is 2.72. The Balaban J connectivity index is 1.54. The molecule has 154 valence electrons. The highest BCUT2D eigenvalue weighted by molar-refractivity contribution is 5.92. The van der Waals surface area contributed by atoms with Crippen LogP contribution in [-0.2, 0) is 11.0 Å². The second-order valence-electron chi connectivity index (χ2n) is 7.37. The first kappa shape index (κ1) is 20.9. The van der Waals surface area contributed by atoms with Crippen LogP contribution in [0.15, 0.2) is 48.7 Å². The van der Waals surface area contributed by atoms with Gasteiger partial charge < -0.3 is 9.80 Å². The summed E-state index contributed by atoms with van der Waals surface area (Å²) in [5, 5.41) is 0. The molecule has 4 nitrogen and oxygen atoms in total. The van der Waals surface area contributed by atoms with Crippen molar-refractivity contribution in [2.75, 3.05) is 31.1 Å². The van der Waals surface area contributed by atoms with Gasteiger partial charge in [0.1, 0.15) is 5.82 Å². The standard InChI is InChI=1S/C22H24F3N3O/c1-16(2)18-6-3-17(4-7-18)5-10-21(29)28-13-11-27(12-14-28)20-9-8-19(15-26-20)22(23,24)25/h3-10,15-16H,11-14H2,1-2H3/b10-5+. The van der Waals surface area contributed by atoms with Crippen LogP contribution in [0.2, 0.25) is 0 Å². The Morgan fingerprint density at radius 1 is 1.03 bits per heavy atom. The van der Waals surface area contributed by atoms with Gasteiger partial charge in [0.2, 0.25) is 5.91 Å². The summed E-state index contributed by atoms with van der Waals surface area (Å²) in [6, 6.07) is 10.5. The fourth-order valence-electron chi connectivity index (χ4n) is 3.16. The average molecular weight is 403 g/mol. The molecule has 3 rings (SSSR count). The molecule has 29 heavy (non-hydrogen) atoms. The zero-order valence-corrected chi connectivity index (χ0v) is 16.5. The minimum absolute atomic E-state index is 0.0713. The smallest absolute Gasteiger partial charge is 0.353 e. The number of halogens is 3. The molecule has 1 fully saturated rings. The van der Waals surface area contributed by atoms with Gasteiger partial charge in [-0.3, -0.25) is 4.79 Å². The highest BCUT2D eigenvalue weighted by Gasteiger charge is 2.31. The summed E-state index contributed by atoms with van der Waals surface area (Å²) in [6.07, 6.45) is -0.176. The van der Waals surface area contributed by atoms with Gasteiger partial charge in [-0.05, 0) is 35.3 Å². The molecule has 0 atom stereocenters. The number of hydrogen-bond donors (Lipinski definition) is 0. The number of alkyl halides is 3. The third kappa shape index (κ3) is 5.37. The molecule has 0 N–H and O–H groups in total. The highest BCUT2D eigenvalue weighted by Crippen LogP contribution is 2.29. The maximum absolute atomic E-state index is 12.6. The monoisotopic (exact) mass is 403 g/mol. The van der Waals surface area contributed by atoms with Crippen molar-refractivity contribution in [3.8, 4) is 0 Å². The largest absolute Gasteiger partial charge is 0.417 e. The van der Waals surface area contributed by atoms with Crippen molar-refractivity contribution in [3.05, 3.63) is 65.4 Å². The molecular weight excluding hydrogens is 379 g/mol. The Morgan fingerprint density at radius 3 is 2.21 bits per heavy atom. The van der Waals surface area contributed by atoms with Gasteiger partial charge >= 0.3 is 6.18 Å². The highest BCUT2D eigenvalue weighted by atomic mass is 19.4. The second kappa shape index (κ2) is 8.68. The minimum Gasteiger partial charge on any atom is -0.353 e. The predicted molar refractivity (Wildman–Crippen MR) is 108 cm³/mol. The van der Waals surface area contributed by atoms with Crippen LogP contribution in [0, 0.1) is 0 Å². The van der Waals surface area contributed by atoms with Crippen LogP contribution in [0.3, 0.4) is 0 Å². The van der Waals surface area contributed by atoms with Gasteiger partial charge in [0.05, 0.1) is 5.56 Å². The van der Waals surface area contributed by atoms with Crippen molar-refractivity contribution in [2.24, 2.45) is 0 Å². The topological polar surface area (TPSA) is 36.4 Å². The number of benzene rings is 1. The number of carbonyl (C=O) groups is 1. The molecule has 1 aliphatic heterocycles. The van der Waals surface area contributed by atoms with E-state index in [0.717, 1.165) is 17.8 Å². The number of nitrogens with zero attached hydrogens (tertiary/aromatic N) is 3. The van der Waals surface area contributed by atoms with Crippen molar-refractivity contribution in [1.82, 2.24) is 9.88 Å². The Hall–Kier alpha value is -2.83. The normalized spacial score (nSPS) is 15.4. The van der Waals surface area contributed by atoms with Gasteiger partial charge in [-0.2, -0.15) is 13.2 Å². The summed E-state index contributed by atoms with van der Waals surface area (Å²) >= 11 is 0. The molecular formula is C22H24F3N3O. The van der Waals surface area contributed by atoms with E-state index in [1.54, 1.807) is 17.1 Å². The SMILES string of the molecule is CC(C)c1ccc(/C=C/C(=O)N2CCN(c3ccc(C(F)(F)F)cn3)CC2)cc1. The molecule has 0 aliphatic carbocycles. The summed E-state index contributed by atoms with van der Waals surface area (Å²) in [5.74, 6) is 0.883. The van der Waals surface area contributed by atoms with E-state index in [4.69, 9.17) is 0 Å². The van der Waals surface area contributed by atoms with Gasteiger partial charge in [0.25, 0.3) is 0 Å². The van der Waals surface area contributed by atoms with Gasteiger partial charge in [-0.1, -0.05) is 38.1 Å². The van der Waals surface area contributed by atoms with E-state index >= 15 is 0 Å². The number of pyridine rings is 1. The zero-order valence-electron chi connectivity index (χ0n) is 16.5. The van der Waals surface area contributed by atoms with Crippen LogP contribution in [0.4, 0.5) is 19.0 Å². The molecule has 0 unspecified atom stereocenters. The molecule has 1 aromatic carbocycles. The molecule has 7 heteroatoms. The lowest BCUT2D eigenvalue weighted by Crippen LogP contribution is -2.48. The molecule has 1 aromatic heterocycles. The van der Waals surface area contributed by atoms with Crippen LogP contribution < -0.4 is 4.90 Å². The van der Waals surface area contributed by atoms with Crippen LogP contribution >= 0.6 is 0 Å². The number of rotatable bonds is 4. The summed E-state index contributed by atoms with van der Waals surface area (Å²) < 4.78 is 37.9. The minimum atomic E-state index is -4.39. The molecule has 0 bridgehead atoms. The maximum atomic E-state index is 12.6. The van der Waals surface area contributed by atoms with Gasteiger partial charge in [0, 0.05) is 38.5 Å². The van der Waals surface area contributed by atoms with E-state index in [0.29, 0.717) is 37.9 Å². The van der Waals surface area contributed by atoms with Gasteiger partial charge in [-0.25, -0.2) is 4.98 Å². The van der Waals surface area contributed by atoms with Crippen molar-refractivity contribution in [2.45, 2.75) is 25.9 Å². The summed E-state index contributed by atoms with van der Waals surface area (Å²) in [4.78, 5) is 20.0. The van der Waals surface area contributed by atoms with E-state index in [1.807, 2.05) is 17.0 Å². The van der Waals surface area contributed by atoms with Crippen molar-refractivity contribution in [3.63, 3.8) is 0 Å². The molecule has 0 radical (unpaired) electrons. The Labute approximate surface area is 168 Å². The number of carbonyl (C=O) groups excluding carboxylic acids is 1. The molecule has 2 aromatic rings. The van der Waals surface area contributed by atoms with Crippen molar-refractivity contribution >= 4 is 17.8 Å². The van der Waals surface area contributed by atoms with Crippen LogP contribution in [0.1, 0.15) is 36.5 Å². The fourth-order valence-corrected chi connectivity index (χ4v) is 3.16. The summed E-state index contributed by atoms with van der Waals surface area (Å²) in [6.45, 7) is 6.32. The number of aromatic nitrogens is 1. The Kier molecular flexibility index (Phi) is 6.25. The lowest BCUT2D eigenvalue weighted by molar-refractivity contribution is -0.137. The molecule has 1 amide bonds. The van der Waals surface area contributed by atoms with E-state index in [1.165, 1.54) is 11.6 Å². The third-order valence-corrected chi connectivity index (χ3v) is 5.01. The van der Waals surface area contributed by atoms with Crippen molar-refractivity contribution < 1.29 is 18.0 Å². The summed E-state index contributed by atoms with van der Waals surface area (Å²) in [7, 11) is 0. The maximum Gasteiger partial charge on any atom is 0.417 e. The molecule has 0 spiro atoms. The van der Waals surface area contributed by atoms with Gasteiger partial charge in [0.15, 0.2) is 0 Å². The lowest BCUT2D eigenvalue weighted by Gasteiger charge is -2.35. The van der Waals surface area contributed by atoms with E-state index in [2.05, 4.69) is 31.0 Å². The number of piperazine rings is 1. The molecule has 1 saturated heterocycles. The number of amides is 1. The zero-order chi connectivity index (χ0) is 21.0. The molecule has 0 saturated carbocycles. The van der Waals surface area contributed by atoms with E-state index < -0.39 is 11.7 Å². The van der Waals surface area contributed by atoms with E-state index in [-0.39, 0.29) is 5.91 Å². The van der Waals surface area contributed by atoms with Crippen LogP contribution in [0.25, 0.3) is 6.08 Å². The lowest BCUT2D eigenvalue weighted by atomic mass is 10.0. The Bertz CT molecular complexity index is 850. The van der Waals surface area contributed by atoms with Crippen molar-refractivity contribution in [1.29, 1.82) is 0 Å². The third-order valence-electron chi connectivity index (χ3n) is 5.01. The molecule has 2 heterocycles. The fraction of sp³-hybridized carbons (Fsp3) is 0.364. The van der Waals surface area contributed by atoms with E-state index in [9.17, 15) is 18.0 Å². The first-order valence-corrected chi connectivity index (χ1v) is 9.59. The first-order valence-electron chi connectivity index (χ1n) is 9.59. The summed E-state index contributed by atoms with van der Waals surface area (Å²) in [5.41, 5.74) is 1.46. The number of anilines is 1. The second-order valence-corrected chi connectivity index (χ2v) is 7.37. The predicted octanol–water partition coefficient (Wildman–Crippen LogP) is 4.59. The first-order chi connectivity index (χ1) is 13.7. The van der Waals surface area contributed by atoms with Crippen LogP contribution in [0.5, 0.6) is 0 Å². The molecule has 1 aliphatic rings.